The molecule has 0 radical (unpaired) electrons. The van der Waals surface area contributed by atoms with Crippen LogP contribution in [0.2, 0.25) is 18.6 Å². The van der Waals surface area contributed by atoms with Gasteiger partial charge >= 0.3 is 0 Å². The average Bonchev–Trinajstić information content (AvgIpc) is 2.85. The number of hydrogen-bond donors (Lipinski definition) is 1. The lowest BCUT2D eigenvalue weighted by Crippen LogP contribution is -2.60. The second-order valence-electron chi connectivity index (χ2n) is 8.33. The molecular formula is C18H31NOSi. The van der Waals surface area contributed by atoms with Gasteiger partial charge in [-0.25, -0.2) is 0 Å². The Morgan fingerprint density at radius 1 is 1.29 bits per heavy atom. The Morgan fingerprint density at radius 3 is 2.33 bits per heavy atom. The van der Waals surface area contributed by atoms with E-state index in [1.54, 1.807) is 0 Å². The number of amides is 1. The summed E-state index contributed by atoms with van der Waals surface area (Å²) in [5, 5.41) is 0. The molecule has 2 unspecified atom stereocenters. The smallest absolute Gasteiger partial charge is 0.228 e. The van der Waals surface area contributed by atoms with Crippen LogP contribution in [0.5, 0.6) is 0 Å². The van der Waals surface area contributed by atoms with Gasteiger partial charge in [-0.05, 0) is 29.2 Å². The molecule has 0 saturated heterocycles. The van der Waals surface area contributed by atoms with E-state index >= 15 is 0 Å². The highest BCUT2D eigenvalue weighted by Crippen LogP contribution is 2.67. The number of carbonyl (C=O) groups excluding carboxylic acids is 1. The molecule has 0 aromatic carbocycles. The van der Waals surface area contributed by atoms with E-state index in [1.165, 1.54) is 5.57 Å². The van der Waals surface area contributed by atoms with Crippen molar-refractivity contribution in [3.63, 3.8) is 0 Å². The Balaban J connectivity index is 2.56. The number of allylic oxidation sites excluding steroid dienone is 3. The fraction of sp³-hybridized carbons (Fsp3) is 0.722. The van der Waals surface area contributed by atoms with Gasteiger partial charge in [0.05, 0.1) is 5.41 Å². The summed E-state index contributed by atoms with van der Waals surface area (Å²) in [7, 11) is -0.769. The zero-order chi connectivity index (χ0) is 16.1. The van der Waals surface area contributed by atoms with Crippen LogP contribution in [0.4, 0.5) is 0 Å². The molecule has 2 N–H and O–H groups in total. The average molecular weight is 306 g/mol. The first-order valence-corrected chi connectivity index (χ1v) is 11.2. The highest BCUT2D eigenvalue weighted by molar-refractivity contribution is 6.57. The predicted octanol–water partition coefficient (Wildman–Crippen LogP) is 4.05. The molecule has 0 aliphatic heterocycles. The van der Waals surface area contributed by atoms with E-state index in [0.29, 0.717) is 0 Å². The van der Waals surface area contributed by atoms with Crippen molar-refractivity contribution in [2.75, 3.05) is 0 Å². The summed E-state index contributed by atoms with van der Waals surface area (Å²) in [5.74, 6) is -0.126. The van der Waals surface area contributed by atoms with Crippen LogP contribution in [-0.2, 0) is 4.79 Å². The molecule has 21 heavy (non-hydrogen) atoms. The summed E-state index contributed by atoms with van der Waals surface area (Å²) >= 11 is 0. The molecule has 1 fully saturated rings. The van der Waals surface area contributed by atoms with Gasteiger partial charge in [0.2, 0.25) is 5.91 Å². The van der Waals surface area contributed by atoms with E-state index in [1.807, 2.05) is 0 Å². The molecule has 3 heteroatoms. The minimum atomic E-state index is -0.769. The van der Waals surface area contributed by atoms with Gasteiger partial charge in [0.25, 0.3) is 0 Å². The highest BCUT2D eigenvalue weighted by atomic mass is 28.3. The molecule has 0 aromatic heterocycles. The van der Waals surface area contributed by atoms with Gasteiger partial charge in [-0.2, -0.15) is 0 Å². The Hall–Kier alpha value is -0.833. The Morgan fingerprint density at radius 2 is 1.90 bits per heavy atom. The third kappa shape index (κ3) is 2.08. The first kappa shape index (κ1) is 16.5. The molecule has 2 rings (SSSR count). The van der Waals surface area contributed by atoms with E-state index in [9.17, 15) is 4.79 Å². The maximum absolute atomic E-state index is 12.6. The normalized spacial score (nSPS) is 34.0. The van der Waals surface area contributed by atoms with Crippen molar-refractivity contribution in [3.05, 3.63) is 23.8 Å². The third-order valence-corrected chi connectivity index (χ3v) is 9.76. The van der Waals surface area contributed by atoms with Crippen molar-refractivity contribution < 1.29 is 4.79 Å². The Kier molecular flexibility index (Phi) is 4.03. The lowest BCUT2D eigenvalue weighted by molar-refractivity contribution is -0.144. The number of nitrogens with two attached hydrogens (primary N) is 1. The standard InChI is InChI=1S/C18H31NOSi/c1-16(2)14(21(5)6)11-12-18(15(19)20,17(16,3)4)13-9-7-8-10-13/h7-9,14,21H,10-12H2,1-6H3,(H2,19,20). The summed E-state index contributed by atoms with van der Waals surface area (Å²) < 4.78 is 0. The van der Waals surface area contributed by atoms with Crippen molar-refractivity contribution in [2.24, 2.45) is 22.0 Å². The molecular weight excluding hydrogens is 274 g/mol. The minimum absolute atomic E-state index is 0.121. The molecule has 0 spiro atoms. The van der Waals surface area contributed by atoms with E-state index in [-0.39, 0.29) is 16.7 Å². The maximum Gasteiger partial charge on any atom is 0.228 e. The molecule has 1 amide bonds. The van der Waals surface area contributed by atoms with Crippen LogP contribution in [-0.4, -0.2) is 14.7 Å². The zero-order valence-corrected chi connectivity index (χ0v) is 15.6. The highest BCUT2D eigenvalue weighted by Gasteiger charge is 2.63. The molecule has 1 saturated carbocycles. The fourth-order valence-electron chi connectivity index (χ4n) is 5.14. The second kappa shape index (κ2) is 5.11. The van der Waals surface area contributed by atoms with Crippen LogP contribution in [0.1, 0.15) is 47.0 Å². The third-order valence-electron chi connectivity index (χ3n) is 6.98. The van der Waals surface area contributed by atoms with Gasteiger partial charge in [0.15, 0.2) is 0 Å². The van der Waals surface area contributed by atoms with Gasteiger partial charge in [-0.15, -0.1) is 0 Å². The van der Waals surface area contributed by atoms with Gasteiger partial charge in [0, 0.05) is 8.80 Å². The molecule has 2 aliphatic carbocycles. The maximum atomic E-state index is 12.6. The molecule has 0 aromatic rings. The molecule has 0 heterocycles. The number of carbonyl (C=O) groups is 1. The number of rotatable bonds is 3. The molecule has 2 nitrogen and oxygen atoms in total. The van der Waals surface area contributed by atoms with Crippen LogP contribution < -0.4 is 5.73 Å². The Labute approximate surface area is 131 Å². The van der Waals surface area contributed by atoms with E-state index in [0.717, 1.165) is 24.8 Å². The fourth-order valence-corrected chi connectivity index (χ4v) is 8.06. The minimum Gasteiger partial charge on any atom is -0.369 e. The number of hydrogen-bond acceptors (Lipinski definition) is 1. The quantitative estimate of drug-likeness (QED) is 0.785. The summed E-state index contributed by atoms with van der Waals surface area (Å²) in [5.41, 5.74) is 7.52. The van der Waals surface area contributed by atoms with Crippen molar-refractivity contribution in [1.82, 2.24) is 0 Å². The summed E-state index contributed by atoms with van der Waals surface area (Å²) in [4.78, 5) is 12.6. The predicted molar refractivity (Wildman–Crippen MR) is 92.9 cm³/mol. The van der Waals surface area contributed by atoms with Crippen LogP contribution in [0.3, 0.4) is 0 Å². The van der Waals surface area contributed by atoms with Gasteiger partial charge in [0.1, 0.15) is 0 Å². The van der Waals surface area contributed by atoms with Crippen LogP contribution in [0.25, 0.3) is 0 Å². The first-order valence-electron chi connectivity index (χ1n) is 8.25. The SMILES string of the molecule is C[SiH](C)C1CCC(C(N)=O)(C2=CC=CC2)C(C)(C)C1(C)C. The van der Waals surface area contributed by atoms with Crippen LogP contribution in [0.15, 0.2) is 23.8 Å². The van der Waals surface area contributed by atoms with Crippen LogP contribution >= 0.6 is 0 Å². The topological polar surface area (TPSA) is 43.1 Å². The molecule has 2 aliphatic rings. The van der Waals surface area contributed by atoms with E-state index in [2.05, 4.69) is 59.0 Å². The monoisotopic (exact) mass is 305 g/mol. The van der Waals surface area contributed by atoms with Crippen molar-refractivity contribution in [3.8, 4) is 0 Å². The lowest BCUT2D eigenvalue weighted by Gasteiger charge is -2.62. The molecule has 118 valence electrons. The lowest BCUT2D eigenvalue weighted by atomic mass is 9.45. The van der Waals surface area contributed by atoms with E-state index < -0.39 is 14.2 Å². The summed E-state index contributed by atoms with van der Waals surface area (Å²) in [6.07, 6.45) is 9.30. The first-order chi connectivity index (χ1) is 9.59. The van der Waals surface area contributed by atoms with Gasteiger partial charge < -0.3 is 5.73 Å². The Bertz CT molecular complexity index is 501. The van der Waals surface area contributed by atoms with Crippen LogP contribution in [0, 0.1) is 16.2 Å². The molecule has 0 bridgehead atoms. The summed E-state index contributed by atoms with van der Waals surface area (Å²) in [6.45, 7) is 14.2. The van der Waals surface area contributed by atoms with Gasteiger partial charge in [-0.1, -0.05) is 71.0 Å². The van der Waals surface area contributed by atoms with Gasteiger partial charge in [-0.3, -0.25) is 4.79 Å². The van der Waals surface area contributed by atoms with Crippen molar-refractivity contribution in [1.29, 1.82) is 0 Å². The second-order valence-corrected chi connectivity index (χ2v) is 11.6. The largest absolute Gasteiger partial charge is 0.369 e. The van der Waals surface area contributed by atoms with Crippen molar-refractivity contribution in [2.45, 2.75) is 65.6 Å². The van der Waals surface area contributed by atoms with Crippen molar-refractivity contribution >= 4 is 14.7 Å². The van der Waals surface area contributed by atoms with E-state index in [4.69, 9.17) is 5.73 Å². The molecule has 2 atom stereocenters. The summed E-state index contributed by atoms with van der Waals surface area (Å²) in [6, 6.07) is 0. The number of primary amides is 1. The zero-order valence-electron chi connectivity index (χ0n) is 14.5.